The molecule has 3 aliphatic heterocycles. The number of hydrogen-bond acceptors (Lipinski definition) is 3. The normalized spacial score (nSPS) is 35.2. The number of carbonyl (C=O) groups is 2. The fraction of sp³-hybridized carbons (Fsp3) is 0.412. The van der Waals surface area contributed by atoms with Crippen LogP contribution in [0.1, 0.15) is 12.5 Å². The van der Waals surface area contributed by atoms with E-state index in [-0.39, 0.29) is 5.91 Å². The van der Waals surface area contributed by atoms with Gasteiger partial charge < -0.3 is 14.7 Å². The Morgan fingerprint density at radius 3 is 2.95 bits per heavy atom. The first-order valence-electron chi connectivity index (χ1n) is 7.56. The molecule has 5 heteroatoms. The molecule has 114 valence electrons. The Balaban J connectivity index is 1.77. The second-order valence-corrected chi connectivity index (χ2v) is 6.14. The zero-order valence-corrected chi connectivity index (χ0v) is 12.2. The predicted molar refractivity (Wildman–Crippen MR) is 79.5 cm³/mol. The third-order valence-corrected chi connectivity index (χ3v) is 5.05. The predicted octanol–water partition coefficient (Wildman–Crippen LogP) is 1.62. The van der Waals surface area contributed by atoms with Crippen molar-refractivity contribution in [3.05, 3.63) is 42.0 Å². The number of aryl methyl sites for hydroxylation is 1. The molecule has 2 bridgehead atoms. The minimum absolute atomic E-state index is 0.139. The lowest BCUT2D eigenvalue weighted by Gasteiger charge is -2.23. The number of ether oxygens (including phenoxy) is 1. The highest BCUT2D eigenvalue weighted by Crippen LogP contribution is 2.52. The molecule has 1 N–H and O–H groups in total. The van der Waals surface area contributed by atoms with Crippen LogP contribution in [0, 0.1) is 11.8 Å². The summed E-state index contributed by atoms with van der Waals surface area (Å²) < 4.78 is 5.90. The Hall–Kier alpha value is -2.14. The molecule has 1 aromatic carbocycles. The Morgan fingerprint density at radius 2 is 2.23 bits per heavy atom. The lowest BCUT2D eigenvalue weighted by atomic mass is 9.77. The van der Waals surface area contributed by atoms with Gasteiger partial charge in [0.2, 0.25) is 5.91 Å². The molecule has 3 aliphatic rings. The van der Waals surface area contributed by atoms with Crippen LogP contribution in [0.25, 0.3) is 0 Å². The molecule has 0 radical (unpaired) electrons. The number of fused-ring (bicyclic) bond motifs is 1. The smallest absolute Gasteiger partial charge is 0.310 e. The molecule has 0 aromatic heterocycles. The van der Waals surface area contributed by atoms with Gasteiger partial charge in [0.15, 0.2) is 0 Å². The zero-order valence-electron chi connectivity index (χ0n) is 12.2. The van der Waals surface area contributed by atoms with Crippen LogP contribution < -0.4 is 4.90 Å². The van der Waals surface area contributed by atoms with E-state index >= 15 is 0 Å². The van der Waals surface area contributed by atoms with Crippen molar-refractivity contribution in [2.45, 2.75) is 25.0 Å². The topological polar surface area (TPSA) is 66.8 Å². The summed E-state index contributed by atoms with van der Waals surface area (Å²) in [4.78, 5) is 26.2. The number of aliphatic carboxylic acids is 1. The van der Waals surface area contributed by atoms with E-state index in [1.54, 1.807) is 11.0 Å². The number of para-hydroxylation sites is 1. The fourth-order valence-corrected chi connectivity index (χ4v) is 4.06. The van der Waals surface area contributed by atoms with Gasteiger partial charge in [0.1, 0.15) is 11.5 Å². The second kappa shape index (κ2) is 4.43. The van der Waals surface area contributed by atoms with Crippen molar-refractivity contribution in [3.63, 3.8) is 0 Å². The summed E-state index contributed by atoms with van der Waals surface area (Å²) in [5.41, 5.74) is 1.17. The van der Waals surface area contributed by atoms with Gasteiger partial charge in [0, 0.05) is 5.69 Å². The van der Waals surface area contributed by atoms with Crippen molar-refractivity contribution in [2.24, 2.45) is 11.8 Å². The Bertz CT molecular complexity index is 698. The minimum Gasteiger partial charge on any atom is -0.481 e. The SMILES string of the molecule is CCc1ccccc1N1C[C@@]23C=C[C@H](O2)[C@@H](C(=O)O)[C@H]3C1=O. The minimum atomic E-state index is -0.958. The van der Waals surface area contributed by atoms with Crippen molar-refractivity contribution >= 4 is 17.6 Å². The average molecular weight is 299 g/mol. The van der Waals surface area contributed by atoms with Crippen molar-refractivity contribution in [3.8, 4) is 0 Å². The van der Waals surface area contributed by atoms with Gasteiger partial charge >= 0.3 is 5.97 Å². The summed E-state index contributed by atoms with van der Waals surface area (Å²) in [6.45, 7) is 2.44. The molecular weight excluding hydrogens is 282 g/mol. The van der Waals surface area contributed by atoms with Gasteiger partial charge in [-0.1, -0.05) is 37.3 Å². The lowest BCUT2D eigenvalue weighted by molar-refractivity contribution is -0.146. The van der Waals surface area contributed by atoms with E-state index in [4.69, 9.17) is 4.74 Å². The van der Waals surface area contributed by atoms with Crippen molar-refractivity contribution in [1.29, 1.82) is 0 Å². The molecule has 0 aliphatic carbocycles. The highest BCUT2D eigenvalue weighted by molar-refractivity contribution is 6.03. The van der Waals surface area contributed by atoms with Gasteiger partial charge in [0.25, 0.3) is 0 Å². The first-order chi connectivity index (χ1) is 10.6. The fourth-order valence-electron chi connectivity index (χ4n) is 4.06. The summed E-state index contributed by atoms with van der Waals surface area (Å²) in [5, 5.41) is 9.47. The molecule has 1 spiro atoms. The molecule has 1 amide bonds. The van der Waals surface area contributed by atoms with Gasteiger partial charge in [-0.3, -0.25) is 9.59 Å². The summed E-state index contributed by atoms with van der Waals surface area (Å²) >= 11 is 0. The maximum absolute atomic E-state index is 12.9. The highest BCUT2D eigenvalue weighted by Gasteiger charge is 2.67. The first kappa shape index (κ1) is 13.5. The molecule has 0 saturated carbocycles. The van der Waals surface area contributed by atoms with Crippen LogP contribution in [0.2, 0.25) is 0 Å². The number of carboxylic acid groups (broad SMARTS) is 1. The third kappa shape index (κ3) is 1.57. The first-order valence-corrected chi connectivity index (χ1v) is 7.56. The zero-order chi connectivity index (χ0) is 15.5. The van der Waals surface area contributed by atoms with E-state index in [1.165, 1.54) is 0 Å². The van der Waals surface area contributed by atoms with Crippen LogP contribution in [0.5, 0.6) is 0 Å². The third-order valence-electron chi connectivity index (χ3n) is 5.05. The van der Waals surface area contributed by atoms with E-state index in [1.807, 2.05) is 37.3 Å². The molecule has 2 saturated heterocycles. The Morgan fingerprint density at radius 1 is 1.45 bits per heavy atom. The van der Waals surface area contributed by atoms with Crippen molar-refractivity contribution in [2.75, 3.05) is 11.4 Å². The molecule has 5 nitrogen and oxygen atoms in total. The molecule has 2 fully saturated rings. The number of anilines is 1. The molecule has 4 rings (SSSR count). The molecule has 4 atom stereocenters. The van der Waals surface area contributed by atoms with Crippen LogP contribution in [0.3, 0.4) is 0 Å². The maximum atomic E-state index is 12.9. The molecule has 1 aromatic rings. The number of carboxylic acids is 1. The molecule has 3 heterocycles. The van der Waals surface area contributed by atoms with Gasteiger partial charge in [-0.25, -0.2) is 0 Å². The van der Waals surface area contributed by atoms with Crippen LogP contribution in [-0.4, -0.2) is 35.2 Å². The van der Waals surface area contributed by atoms with E-state index in [0.717, 1.165) is 17.7 Å². The quantitative estimate of drug-likeness (QED) is 0.861. The van der Waals surface area contributed by atoms with Gasteiger partial charge in [-0.15, -0.1) is 0 Å². The number of nitrogens with zero attached hydrogens (tertiary/aromatic N) is 1. The lowest BCUT2D eigenvalue weighted by Crippen LogP contribution is -2.39. The second-order valence-electron chi connectivity index (χ2n) is 6.14. The average Bonchev–Trinajstić information content (AvgIpc) is 3.15. The van der Waals surface area contributed by atoms with Gasteiger partial charge in [0.05, 0.1) is 18.6 Å². The summed E-state index contributed by atoms with van der Waals surface area (Å²) in [5.74, 6) is -2.50. The van der Waals surface area contributed by atoms with Crippen LogP contribution in [-0.2, 0) is 20.7 Å². The van der Waals surface area contributed by atoms with E-state index in [9.17, 15) is 14.7 Å². The monoisotopic (exact) mass is 299 g/mol. The standard InChI is InChI=1S/C17H17NO4/c1-2-10-5-3-4-6-11(10)18-9-17-8-7-12(22-17)13(16(20)21)14(17)15(18)19/h3-8,12-14H,2,9H2,1H3,(H,20,21)/t12-,13+,14-,17+/m0/s1. The molecule has 22 heavy (non-hydrogen) atoms. The number of hydrogen-bond donors (Lipinski definition) is 1. The number of rotatable bonds is 3. The maximum Gasteiger partial charge on any atom is 0.310 e. The summed E-state index contributed by atoms with van der Waals surface area (Å²) in [6, 6.07) is 7.76. The van der Waals surface area contributed by atoms with Crippen LogP contribution in [0.4, 0.5) is 5.69 Å². The summed E-state index contributed by atoms with van der Waals surface area (Å²) in [7, 11) is 0. The number of amides is 1. The molecule has 0 unspecified atom stereocenters. The largest absolute Gasteiger partial charge is 0.481 e. The van der Waals surface area contributed by atoms with Gasteiger partial charge in [-0.2, -0.15) is 0 Å². The Labute approximate surface area is 128 Å². The van der Waals surface area contributed by atoms with Crippen LogP contribution in [0.15, 0.2) is 36.4 Å². The van der Waals surface area contributed by atoms with Crippen LogP contribution >= 0.6 is 0 Å². The van der Waals surface area contributed by atoms with E-state index in [2.05, 4.69) is 0 Å². The van der Waals surface area contributed by atoms with Crippen molar-refractivity contribution < 1.29 is 19.4 Å². The molecular formula is C17H17NO4. The number of benzene rings is 1. The Kier molecular flexibility index (Phi) is 2.72. The van der Waals surface area contributed by atoms with E-state index < -0.39 is 29.5 Å². The summed E-state index contributed by atoms with van der Waals surface area (Å²) in [6.07, 6.45) is 4.01. The van der Waals surface area contributed by atoms with Crippen molar-refractivity contribution in [1.82, 2.24) is 0 Å². The number of carbonyl (C=O) groups excluding carboxylic acids is 1. The highest BCUT2D eigenvalue weighted by atomic mass is 16.5. The van der Waals surface area contributed by atoms with E-state index in [0.29, 0.717) is 6.54 Å². The van der Waals surface area contributed by atoms with Gasteiger partial charge in [-0.05, 0) is 18.1 Å².